The number of benzene rings is 2. The average molecular weight is 359 g/mol. The highest BCUT2D eigenvalue weighted by atomic mass is 19.1. The molecule has 0 spiro atoms. The number of aryl methyl sites for hydroxylation is 1. The van der Waals surface area contributed by atoms with Gasteiger partial charge in [0.05, 0.1) is 23.3 Å². The van der Waals surface area contributed by atoms with Gasteiger partial charge in [-0.05, 0) is 44.5 Å². The van der Waals surface area contributed by atoms with E-state index in [2.05, 4.69) is 4.98 Å². The molecule has 1 heterocycles. The molecule has 3 rings (SSSR count). The van der Waals surface area contributed by atoms with E-state index in [9.17, 15) is 18.0 Å². The second-order valence-corrected chi connectivity index (χ2v) is 5.89. The molecular formula is C20H16F3NO2. The molecule has 2 aromatic carbocycles. The quantitative estimate of drug-likeness (QED) is 0.610. The van der Waals surface area contributed by atoms with Gasteiger partial charge in [-0.25, -0.2) is 18.0 Å². The van der Waals surface area contributed by atoms with Crippen LogP contribution in [0.25, 0.3) is 22.0 Å². The van der Waals surface area contributed by atoms with Crippen molar-refractivity contribution in [2.75, 3.05) is 6.61 Å². The number of ether oxygens (including phenoxy) is 1. The van der Waals surface area contributed by atoms with E-state index < -0.39 is 23.4 Å². The summed E-state index contributed by atoms with van der Waals surface area (Å²) in [5.41, 5.74) is 1.74. The van der Waals surface area contributed by atoms with Crippen LogP contribution in [-0.4, -0.2) is 17.6 Å². The fraction of sp³-hybridized carbons (Fsp3) is 0.200. The normalized spacial score (nSPS) is 11.0. The van der Waals surface area contributed by atoms with Gasteiger partial charge in [0.15, 0.2) is 0 Å². The Morgan fingerprint density at radius 3 is 2.31 bits per heavy atom. The molecule has 0 amide bonds. The highest BCUT2D eigenvalue weighted by Crippen LogP contribution is 2.36. The summed E-state index contributed by atoms with van der Waals surface area (Å²) in [7, 11) is 0. The van der Waals surface area contributed by atoms with Crippen LogP contribution in [0.15, 0.2) is 30.3 Å². The van der Waals surface area contributed by atoms with Crippen molar-refractivity contribution in [3.05, 3.63) is 64.6 Å². The summed E-state index contributed by atoms with van der Waals surface area (Å²) in [5, 5.41) is 0.392. The minimum Gasteiger partial charge on any atom is -0.462 e. The Morgan fingerprint density at radius 2 is 1.69 bits per heavy atom. The Labute approximate surface area is 148 Å². The van der Waals surface area contributed by atoms with E-state index in [1.807, 2.05) is 0 Å². The Morgan fingerprint density at radius 1 is 1.04 bits per heavy atom. The zero-order chi connectivity index (χ0) is 19.0. The van der Waals surface area contributed by atoms with Crippen LogP contribution in [0.4, 0.5) is 13.2 Å². The van der Waals surface area contributed by atoms with Crippen LogP contribution in [-0.2, 0) is 4.74 Å². The standard InChI is InChI=1S/C20H16F3NO2/c1-4-26-20(25)12-5-6-17-14(7-12)18(10(2)11(3)24-17)19-15(22)8-13(21)9-16(19)23/h5-9H,4H2,1-3H3. The summed E-state index contributed by atoms with van der Waals surface area (Å²) in [4.78, 5) is 16.4. The molecule has 0 aliphatic rings. The van der Waals surface area contributed by atoms with Crippen molar-refractivity contribution in [3.8, 4) is 11.1 Å². The van der Waals surface area contributed by atoms with Gasteiger partial charge in [0.1, 0.15) is 17.5 Å². The molecule has 0 bridgehead atoms. The lowest BCUT2D eigenvalue weighted by molar-refractivity contribution is 0.0526. The van der Waals surface area contributed by atoms with Crippen LogP contribution in [0.1, 0.15) is 28.5 Å². The summed E-state index contributed by atoms with van der Waals surface area (Å²) in [6, 6.07) is 5.90. The van der Waals surface area contributed by atoms with E-state index in [1.165, 1.54) is 6.07 Å². The maximum absolute atomic E-state index is 14.4. The van der Waals surface area contributed by atoms with Crippen LogP contribution in [0.5, 0.6) is 0 Å². The molecule has 0 N–H and O–H groups in total. The minimum absolute atomic E-state index is 0.204. The maximum Gasteiger partial charge on any atom is 0.338 e. The van der Waals surface area contributed by atoms with E-state index in [-0.39, 0.29) is 23.3 Å². The number of nitrogens with zero attached hydrogens (tertiary/aromatic N) is 1. The summed E-state index contributed by atoms with van der Waals surface area (Å²) < 4.78 is 47.2. The Kier molecular flexibility index (Phi) is 4.68. The second kappa shape index (κ2) is 6.78. The summed E-state index contributed by atoms with van der Waals surface area (Å²) in [6.45, 7) is 5.28. The molecule has 1 aromatic heterocycles. The van der Waals surface area contributed by atoms with Crippen molar-refractivity contribution in [2.45, 2.75) is 20.8 Å². The van der Waals surface area contributed by atoms with Crippen molar-refractivity contribution >= 4 is 16.9 Å². The molecule has 0 aliphatic carbocycles. The molecule has 0 fully saturated rings. The fourth-order valence-electron chi connectivity index (χ4n) is 2.93. The van der Waals surface area contributed by atoms with Gasteiger partial charge in [0.2, 0.25) is 0 Å². The number of aromatic nitrogens is 1. The highest BCUT2D eigenvalue weighted by Gasteiger charge is 2.21. The molecule has 0 radical (unpaired) electrons. The largest absolute Gasteiger partial charge is 0.462 e. The first-order valence-electron chi connectivity index (χ1n) is 8.06. The van der Waals surface area contributed by atoms with Crippen molar-refractivity contribution in [2.24, 2.45) is 0 Å². The lowest BCUT2D eigenvalue weighted by Gasteiger charge is -2.15. The Bertz CT molecular complexity index is 1010. The Hall–Kier alpha value is -2.89. The SMILES string of the molecule is CCOC(=O)c1ccc2nc(C)c(C)c(-c3c(F)cc(F)cc3F)c2c1. The zero-order valence-electron chi connectivity index (χ0n) is 14.5. The molecule has 3 nitrogen and oxygen atoms in total. The van der Waals surface area contributed by atoms with Gasteiger partial charge in [-0.3, -0.25) is 4.98 Å². The molecule has 6 heteroatoms. The Balaban J connectivity index is 2.38. The first-order chi connectivity index (χ1) is 12.3. The van der Waals surface area contributed by atoms with Gasteiger partial charge < -0.3 is 4.74 Å². The number of carbonyl (C=O) groups is 1. The highest BCUT2D eigenvalue weighted by molar-refractivity contribution is 6.01. The molecule has 0 saturated heterocycles. The van der Waals surface area contributed by atoms with Crippen LogP contribution < -0.4 is 0 Å². The lowest BCUT2D eigenvalue weighted by Crippen LogP contribution is -2.05. The van der Waals surface area contributed by atoms with Gasteiger partial charge in [-0.15, -0.1) is 0 Å². The van der Waals surface area contributed by atoms with Gasteiger partial charge in [0, 0.05) is 28.8 Å². The predicted molar refractivity (Wildman–Crippen MR) is 92.5 cm³/mol. The fourth-order valence-corrected chi connectivity index (χ4v) is 2.93. The number of hydrogen-bond donors (Lipinski definition) is 0. The molecule has 134 valence electrons. The van der Waals surface area contributed by atoms with E-state index >= 15 is 0 Å². The summed E-state index contributed by atoms with van der Waals surface area (Å²) in [5.74, 6) is -3.57. The number of hydrogen-bond acceptors (Lipinski definition) is 3. The first kappa shape index (κ1) is 17.9. The predicted octanol–water partition coefficient (Wildman–Crippen LogP) is 5.11. The number of esters is 1. The van der Waals surface area contributed by atoms with Gasteiger partial charge in [-0.2, -0.15) is 0 Å². The third-order valence-electron chi connectivity index (χ3n) is 4.24. The number of rotatable bonds is 3. The zero-order valence-corrected chi connectivity index (χ0v) is 14.5. The van der Waals surface area contributed by atoms with Gasteiger partial charge in [0.25, 0.3) is 0 Å². The van der Waals surface area contributed by atoms with E-state index in [1.54, 1.807) is 32.9 Å². The smallest absolute Gasteiger partial charge is 0.338 e. The number of halogens is 3. The van der Waals surface area contributed by atoms with Crippen LogP contribution in [0, 0.1) is 31.3 Å². The molecule has 0 saturated carbocycles. The lowest BCUT2D eigenvalue weighted by atomic mass is 9.93. The van der Waals surface area contributed by atoms with Gasteiger partial charge >= 0.3 is 5.97 Å². The molecule has 0 atom stereocenters. The van der Waals surface area contributed by atoms with Crippen molar-refractivity contribution in [1.29, 1.82) is 0 Å². The second-order valence-electron chi connectivity index (χ2n) is 5.89. The summed E-state index contributed by atoms with van der Waals surface area (Å²) >= 11 is 0. The van der Waals surface area contributed by atoms with E-state index in [4.69, 9.17) is 4.74 Å². The van der Waals surface area contributed by atoms with Crippen LogP contribution in [0.2, 0.25) is 0 Å². The first-order valence-corrected chi connectivity index (χ1v) is 8.06. The average Bonchev–Trinajstić information content (AvgIpc) is 2.57. The summed E-state index contributed by atoms with van der Waals surface area (Å²) in [6.07, 6.45) is 0. The van der Waals surface area contributed by atoms with E-state index in [0.717, 1.165) is 0 Å². The molecule has 3 aromatic rings. The molecule has 0 unspecified atom stereocenters. The monoisotopic (exact) mass is 359 g/mol. The van der Waals surface area contributed by atoms with E-state index in [0.29, 0.717) is 34.3 Å². The van der Waals surface area contributed by atoms with Crippen LogP contribution in [0.3, 0.4) is 0 Å². The van der Waals surface area contributed by atoms with Crippen molar-refractivity contribution < 1.29 is 22.7 Å². The topological polar surface area (TPSA) is 39.2 Å². The van der Waals surface area contributed by atoms with Crippen LogP contribution >= 0.6 is 0 Å². The van der Waals surface area contributed by atoms with Crippen molar-refractivity contribution in [3.63, 3.8) is 0 Å². The van der Waals surface area contributed by atoms with Gasteiger partial charge in [-0.1, -0.05) is 0 Å². The third kappa shape index (κ3) is 3.03. The van der Waals surface area contributed by atoms with Crippen molar-refractivity contribution in [1.82, 2.24) is 4.98 Å². The maximum atomic E-state index is 14.4. The number of carbonyl (C=O) groups excluding carboxylic acids is 1. The minimum atomic E-state index is -1.01. The number of pyridine rings is 1. The third-order valence-corrected chi connectivity index (χ3v) is 4.24. The number of fused-ring (bicyclic) bond motifs is 1. The molecular weight excluding hydrogens is 343 g/mol. The molecule has 26 heavy (non-hydrogen) atoms. The molecule has 0 aliphatic heterocycles.